The van der Waals surface area contributed by atoms with E-state index in [0.29, 0.717) is 25.1 Å². The number of carbonyl (C=O) groups excluding carboxylic acids is 1. The third kappa shape index (κ3) is 2.81. The van der Waals surface area contributed by atoms with E-state index in [1.165, 1.54) is 0 Å². The van der Waals surface area contributed by atoms with Crippen LogP contribution < -0.4 is 5.32 Å². The Morgan fingerprint density at radius 1 is 1.44 bits per heavy atom. The van der Waals surface area contributed by atoms with Gasteiger partial charge in [-0.25, -0.2) is 0 Å². The maximum atomic E-state index is 11.8. The van der Waals surface area contributed by atoms with Gasteiger partial charge in [-0.05, 0) is 35.5 Å². The number of benzene rings is 1. The second-order valence-corrected chi connectivity index (χ2v) is 3.84. The quantitative estimate of drug-likeness (QED) is 0.359. The van der Waals surface area contributed by atoms with E-state index in [4.69, 9.17) is 5.53 Å². The summed E-state index contributed by atoms with van der Waals surface area (Å²) in [4.78, 5) is 17.5. The summed E-state index contributed by atoms with van der Waals surface area (Å²) in [5, 5.41) is 7.26. The van der Waals surface area contributed by atoms with Gasteiger partial charge in [0, 0.05) is 35.3 Å². The predicted molar refractivity (Wildman–Crippen MR) is 69.3 cm³/mol. The number of aromatic nitrogens is 1. The highest BCUT2D eigenvalue weighted by molar-refractivity contribution is 5.97. The maximum Gasteiger partial charge on any atom is 0.251 e. The molecule has 6 nitrogen and oxygen atoms in total. The van der Waals surface area contributed by atoms with E-state index >= 15 is 0 Å². The number of H-pyrrole nitrogens is 1. The van der Waals surface area contributed by atoms with Crippen LogP contribution in [-0.4, -0.2) is 24.0 Å². The van der Waals surface area contributed by atoms with Gasteiger partial charge in [0.25, 0.3) is 5.91 Å². The first-order valence-corrected chi connectivity index (χ1v) is 5.67. The zero-order chi connectivity index (χ0) is 12.8. The van der Waals surface area contributed by atoms with Crippen molar-refractivity contribution in [2.45, 2.75) is 6.42 Å². The molecular weight excluding hydrogens is 230 g/mol. The molecule has 0 aliphatic heterocycles. The molecule has 0 atom stereocenters. The molecule has 1 heterocycles. The van der Waals surface area contributed by atoms with Crippen molar-refractivity contribution in [3.8, 4) is 0 Å². The van der Waals surface area contributed by atoms with Crippen molar-refractivity contribution in [1.82, 2.24) is 10.3 Å². The molecule has 0 spiro atoms. The van der Waals surface area contributed by atoms with E-state index in [1.54, 1.807) is 6.07 Å². The summed E-state index contributed by atoms with van der Waals surface area (Å²) in [5.74, 6) is -0.118. The third-order valence-corrected chi connectivity index (χ3v) is 2.60. The molecule has 2 rings (SSSR count). The van der Waals surface area contributed by atoms with Crippen molar-refractivity contribution in [3.63, 3.8) is 0 Å². The fraction of sp³-hybridized carbons (Fsp3) is 0.250. The lowest BCUT2D eigenvalue weighted by Gasteiger charge is -2.04. The number of azide groups is 1. The largest absolute Gasteiger partial charge is 0.361 e. The summed E-state index contributed by atoms with van der Waals surface area (Å²) in [6.45, 7) is 0.896. The number of hydrogen-bond donors (Lipinski definition) is 2. The molecule has 2 N–H and O–H groups in total. The van der Waals surface area contributed by atoms with E-state index in [2.05, 4.69) is 20.3 Å². The zero-order valence-corrected chi connectivity index (χ0v) is 9.76. The smallest absolute Gasteiger partial charge is 0.251 e. The number of aromatic amines is 1. The summed E-state index contributed by atoms with van der Waals surface area (Å²) in [5.41, 5.74) is 9.66. The molecule has 92 valence electrons. The predicted octanol–water partition coefficient (Wildman–Crippen LogP) is 2.60. The molecule has 18 heavy (non-hydrogen) atoms. The number of rotatable bonds is 5. The average Bonchev–Trinajstić information content (AvgIpc) is 2.85. The Kier molecular flexibility index (Phi) is 3.83. The minimum Gasteiger partial charge on any atom is -0.361 e. The van der Waals surface area contributed by atoms with Crippen LogP contribution in [0.1, 0.15) is 16.8 Å². The summed E-state index contributed by atoms with van der Waals surface area (Å²) in [6, 6.07) is 7.47. The normalized spacial score (nSPS) is 10.0. The van der Waals surface area contributed by atoms with Gasteiger partial charge in [0.1, 0.15) is 0 Å². The second-order valence-electron chi connectivity index (χ2n) is 3.84. The first-order valence-electron chi connectivity index (χ1n) is 5.67. The van der Waals surface area contributed by atoms with Gasteiger partial charge in [0.15, 0.2) is 0 Å². The van der Waals surface area contributed by atoms with Crippen LogP contribution in [0.15, 0.2) is 35.6 Å². The van der Waals surface area contributed by atoms with E-state index in [0.717, 1.165) is 10.9 Å². The van der Waals surface area contributed by atoms with Gasteiger partial charge in [0.2, 0.25) is 0 Å². The van der Waals surface area contributed by atoms with Crippen LogP contribution in [0.2, 0.25) is 0 Å². The highest BCUT2D eigenvalue weighted by atomic mass is 16.1. The summed E-state index contributed by atoms with van der Waals surface area (Å²) in [6.07, 6.45) is 2.48. The Labute approximate surface area is 104 Å². The van der Waals surface area contributed by atoms with Gasteiger partial charge >= 0.3 is 0 Å². The third-order valence-electron chi connectivity index (χ3n) is 2.60. The molecule has 2 aromatic rings. The lowest BCUT2D eigenvalue weighted by atomic mass is 10.1. The van der Waals surface area contributed by atoms with Crippen LogP contribution in [0.5, 0.6) is 0 Å². The van der Waals surface area contributed by atoms with Gasteiger partial charge < -0.3 is 10.3 Å². The lowest BCUT2D eigenvalue weighted by molar-refractivity contribution is 0.0953. The highest BCUT2D eigenvalue weighted by Gasteiger charge is 2.05. The Balaban J connectivity index is 1.93. The number of carbonyl (C=O) groups is 1. The molecule has 6 heteroatoms. The molecule has 1 aromatic carbocycles. The molecule has 0 aliphatic rings. The van der Waals surface area contributed by atoms with Crippen molar-refractivity contribution in [1.29, 1.82) is 0 Å². The number of amides is 1. The minimum atomic E-state index is -0.118. The van der Waals surface area contributed by atoms with Crippen LogP contribution in [0.3, 0.4) is 0 Å². The van der Waals surface area contributed by atoms with Crippen molar-refractivity contribution in [2.75, 3.05) is 13.1 Å². The SMILES string of the molecule is [N-]=[N+]=NCCCNC(=O)c1ccc2cc[nH]c2c1. The van der Waals surface area contributed by atoms with E-state index in [9.17, 15) is 4.79 Å². The molecule has 0 radical (unpaired) electrons. The Bertz CT molecular complexity index is 597. The first kappa shape index (κ1) is 12.0. The Morgan fingerprint density at radius 3 is 3.17 bits per heavy atom. The lowest BCUT2D eigenvalue weighted by Crippen LogP contribution is -2.24. The van der Waals surface area contributed by atoms with Crippen molar-refractivity contribution < 1.29 is 4.79 Å². The molecule has 0 saturated heterocycles. The van der Waals surface area contributed by atoms with Gasteiger partial charge in [-0.1, -0.05) is 11.2 Å². The van der Waals surface area contributed by atoms with Crippen LogP contribution >= 0.6 is 0 Å². The van der Waals surface area contributed by atoms with Gasteiger partial charge in [-0.2, -0.15) is 0 Å². The fourth-order valence-electron chi connectivity index (χ4n) is 1.69. The molecule has 0 bridgehead atoms. The van der Waals surface area contributed by atoms with Crippen LogP contribution in [0.25, 0.3) is 21.3 Å². The number of hydrogen-bond acceptors (Lipinski definition) is 2. The maximum absolute atomic E-state index is 11.8. The molecule has 0 unspecified atom stereocenters. The minimum absolute atomic E-state index is 0.118. The monoisotopic (exact) mass is 243 g/mol. The fourth-order valence-corrected chi connectivity index (χ4v) is 1.69. The number of nitrogens with one attached hydrogen (secondary N) is 2. The first-order chi connectivity index (χ1) is 8.81. The van der Waals surface area contributed by atoms with E-state index in [1.807, 2.05) is 24.4 Å². The van der Waals surface area contributed by atoms with Crippen molar-refractivity contribution in [3.05, 3.63) is 46.5 Å². The van der Waals surface area contributed by atoms with Gasteiger partial charge in [-0.15, -0.1) is 0 Å². The van der Waals surface area contributed by atoms with Crippen molar-refractivity contribution in [2.24, 2.45) is 5.11 Å². The van der Waals surface area contributed by atoms with Crippen LogP contribution in [-0.2, 0) is 0 Å². The van der Waals surface area contributed by atoms with Gasteiger partial charge in [-0.3, -0.25) is 4.79 Å². The van der Waals surface area contributed by atoms with Gasteiger partial charge in [0.05, 0.1) is 0 Å². The molecule has 0 saturated carbocycles. The molecule has 0 aliphatic carbocycles. The number of fused-ring (bicyclic) bond motifs is 1. The summed E-state index contributed by atoms with van der Waals surface area (Å²) in [7, 11) is 0. The Hall–Kier alpha value is -2.46. The van der Waals surface area contributed by atoms with E-state index < -0.39 is 0 Å². The topological polar surface area (TPSA) is 93.7 Å². The second kappa shape index (κ2) is 5.75. The molecular formula is C12H13N5O. The molecule has 0 fully saturated rings. The van der Waals surface area contributed by atoms with Crippen LogP contribution in [0, 0.1) is 0 Å². The van der Waals surface area contributed by atoms with Crippen LogP contribution in [0.4, 0.5) is 0 Å². The molecule has 1 aromatic heterocycles. The molecule has 1 amide bonds. The van der Waals surface area contributed by atoms with E-state index in [-0.39, 0.29) is 5.91 Å². The van der Waals surface area contributed by atoms with Crippen molar-refractivity contribution >= 4 is 16.8 Å². The standard InChI is InChI=1S/C12H13N5O/c13-17-16-6-1-5-15-12(18)10-3-2-9-4-7-14-11(9)8-10/h2-4,7-8,14H,1,5-6H2,(H,15,18). The zero-order valence-electron chi connectivity index (χ0n) is 9.76. The highest BCUT2D eigenvalue weighted by Crippen LogP contribution is 2.13. The average molecular weight is 243 g/mol. The summed E-state index contributed by atoms with van der Waals surface area (Å²) >= 11 is 0. The summed E-state index contributed by atoms with van der Waals surface area (Å²) < 4.78 is 0. The Morgan fingerprint density at radius 2 is 2.33 bits per heavy atom. The number of nitrogens with zero attached hydrogens (tertiary/aromatic N) is 3.